The van der Waals surface area contributed by atoms with Crippen molar-refractivity contribution in [3.8, 4) is 0 Å². The minimum atomic E-state index is -0.275. The number of thioether (sulfide) groups is 1. The quantitative estimate of drug-likeness (QED) is 0.437. The molecule has 0 spiro atoms. The smallest absolute Gasteiger partial charge is 0.250 e. The summed E-state index contributed by atoms with van der Waals surface area (Å²) in [5.74, 6) is -0.299. The lowest BCUT2D eigenvalue weighted by Gasteiger charge is -2.11. The van der Waals surface area contributed by atoms with E-state index in [-0.39, 0.29) is 23.3 Å². The summed E-state index contributed by atoms with van der Waals surface area (Å²) in [7, 11) is 7.88. The highest BCUT2D eigenvalue weighted by Crippen LogP contribution is 2.11. The van der Waals surface area contributed by atoms with Gasteiger partial charge in [-0.15, -0.1) is 11.8 Å². The third-order valence-electron chi connectivity index (χ3n) is 4.09. The van der Waals surface area contributed by atoms with Crippen LogP contribution in [0, 0.1) is 0 Å². The minimum absolute atomic E-state index is 0.125. The highest BCUT2D eigenvalue weighted by Gasteiger charge is 2.04. The molecule has 0 aliphatic carbocycles. The summed E-state index contributed by atoms with van der Waals surface area (Å²) in [6.45, 7) is 0. The van der Waals surface area contributed by atoms with E-state index in [9.17, 15) is 9.59 Å². The maximum absolute atomic E-state index is 11.8. The highest BCUT2D eigenvalue weighted by molar-refractivity contribution is 8.00. The van der Waals surface area contributed by atoms with Crippen molar-refractivity contribution in [1.29, 1.82) is 0 Å². The molecule has 164 valence electrons. The lowest BCUT2D eigenvalue weighted by Crippen LogP contribution is -2.23. The average molecular weight is 441 g/mol. The fourth-order valence-corrected chi connectivity index (χ4v) is 2.98. The molecule has 0 atom stereocenters. The van der Waals surface area contributed by atoms with Crippen molar-refractivity contribution in [2.75, 3.05) is 49.5 Å². The molecule has 2 aromatic carbocycles. The van der Waals surface area contributed by atoms with Crippen molar-refractivity contribution < 1.29 is 9.59 Å². The van der Waals surface area contributed by atoms with Crippen molar-refractivity contribution in [3.05, 3.63) is 59.7 Å². The van der Waals surface area contributed by atoms with Gasteiger partial charge in [-0.2, -0.15) is 10.2 Å². The zero-order valence-electron chi connectivity index (χ0n) is 18.2. The standard InChI is InChI=1S/C22H28N6O2S/c1-27(2)19-9-5-17(6-10-19)13-23-25-21(29)15-31-16-22(30)26-24-14-18-7-11-20(12-8-18)28(3)4/h5-14H,15-16H2,1-4H3,(H,25,29)(H,26,30)/b23-13-,24-14+. The van der Waals surface area contributed by atoms with Crippen molar-refractivity contribution >= 4 is 47.4 Å². The van der Waals surface area contributed by atoms with E-state index in [0.29, 0.717) is 0 Å². The van der Waals surface area contributed by atoms with E-state index in [2.05, 4.69) is 21.1 Å². The van der Waals surface area contributed by atoms with Gasteiger partial charge in [0.1, 0.15) is 0 Å². The predicted octanol–water partition coefficient (Wildman–Crippen LogP) is 2.15. The summed E-state index contributed by atoms with van der Waals surface area (Å²) in [4.78, 5) is 27.6. The van der Waals surface area contributed by atoms with E-state index in [1.807, 2.05) is 86.5 Å². The Kier molecular flexibility index (Phi) is 9.57. The van der Waals surface area contributed by atoms with Gasteiger partial charge in [-0.3, -0.25) is 9.59 Å². The number of nitrogens with one attached hydrogen (secondary N) is 2. The van der Waals surface area contributed by atoms with E-state index in [0.717, 1.165) is 22.5 Å². The van der Waals surface area contributed by atoms with Gasteiger partial charge in [0.05, 0.1) is 23.9 Å². The topological polar surface area (TPSA) is 89.4 Å². The van der Waals surface area contributed by atoms with E-state index >= 15 is 0 Å². The van der Waals surface area contributed by atoms with Crippen LogP contribution < -0.4 is 20.7 Å². The first-order chi connectivity index (χ1) is 14.8. The Morgan fingerprint density at radius 1 is 0.742 bits per heavy atom. The number of hydrogen-bond donors (Lipinski definition) is 2. The Hall–Kier alpha value is -3.33. The Morgan fingerprint density at radius 2 is 1.10 bits per heavy atom. The molecule has 2 N–H and O–H groups in total. The maximum atomic E-state index is 11.8. The zero-order chi connectivity index (χ0) is 22.6. The van der Waals surface area contributed by atoms with Gasteiger partial charge in [-0.25, -0.2) is 10.9 Å². The van der Waals surface area contributed by atoms with Crippen LogP contribution >= 0.6 is 11.8 Å². The summed E-state index contributed by atoms with van der Waals surface area (Å²) >= 11 is 1.19. The van der Waals surface area contributed by atoms with Crippen LogP contribution in [0.1, 0.15) is 11.1 Å². The lowest BCUT2D eigenvalue weighted by molar-refractivity contribution is -0.118. The fourth-order valence-electron chi connectivity index (χ4n) is 2.38. The second-order valence-corrected chi connectivity index (χ2v) is 8.04. The van der Waals surface area contributed by atoms with Gasteiger partial charge in [0.2, 0.25) is 11.8 Å². The summed E-state index contributed by atoms with van der Waals surface area (Å²) in [5, 5.41) is 7.87. The average Bonchev–Trinajstić information content (AvgIpc) is 2.74. The van der Waals surface area contributed by atoms with Gasteiger partial charge in [-0.1, -0.05) is 24.3 Å². The highest BCUT2D eigenvalue weighted by atomic mass is 32.2. The molecule has 0 radical (unpaired) electrons. The molecule has 9 heteroatoms. The number of rotatable bonds is 10. The molecule has 0 aliphatic rings. The Bertz CT molecular complexity index is 833. The number of hydrazone groups is 2. The molecule has 0 aromatic heterocycles. The van der Waals surface area contributed by atoms with E-state index in [1.165, 1.54) is 11.8 Å². The Morgan fingerprint density at radius 3 is 1.42 bits per heavy atom. The summed E-state index contributed by atoms with van der Waals surface area (Å²) in [5.41, 5.74) is 8.84. The van der Waals surface area contributed by atoms with Gasteiger partial charge in [0, 0.05) is 39.6 Å². The van der Waals surface area contributed by atoms with Gasteiger partial charge in [0.25, 0.3) is 0 Å². The van der Waals surface area contributed by atoms with Crippen LogP contribution in [-0.2, 0) is 9.59 Å². The van der Waals surface area contributed by atoms with Crippen LogP contribution in [0.25, 0.3) is 0 Å². The molecule has 0 saturated heterocycles. The normalized spacial score (nSPS) is 11.0. The minimum Gasteiger partial charge on any atom is -0.378 e. The molecule has 0 fully saturated rings. The van der Waals surface area contributed by atoms with Crippen LogP contribution in [0.3, 0.4) is 0 Å². The Balaban J connectivity index is 1.64. The molecule has 0 saturated carbocycles. The van der Waals surface area contributed by atoms with Crippen molar-refractivity contribution in [1.82, 2.24) is 10.9 Å². The summed E-state index contributed by atoms with van der Waals surface area (Å²) in [6, 6.07) is 15.6. The molecule has 0 aliphatic heterocycles. The molecule has 2 aromatic rings. The molecule has 0 heterocycles. The molecule has 0 unspecified atom stereocenters. The second-order valence-electron chi connectivity index (χ2n) is 7.05. The zero-order valence-corrected chi connectivity index (χ0v) is 19.0. The molecular weight excluding hydrogens is 412 g/mol. The number of hydrogen-bond acceptors (Lipinski definition) is 7. The third-order valence-corrected chi connectivity index (χ3v) is 5.02. The lowest BCUT2D eigenvalue weighted by atomic mass is 10.2. The monoisotopic (exact) mass is 440 g/mol. The SMILES string of the molecule is CN(C)c1ccc(/C=N\NC(=O)CSCC(=O)N/N=C/c2ccc(N(C)C)cc2)cc1. The van der Waals surface area contributed by atoms with Crippen LogP contribution in [0.2, 0.25) is 0 Å². The number of nitrogens with zero attached hydrogens (tertiary/aromatic N) is 4. The molecule has 2 amide bonds. The van der Waals surface area contributed by atoms with Crippen LogP contribution in [0.15, 0.2) is 58.7 Å². The molecular formula is C22H28N6O2S. The molecule has 2 rings (SSSR count). The molecule has 8 nitrogen and oxygen atoms in total. The van der Waals surface area contributed by atoms with Crippen LogP contribution in [0.4, 0.5) is 11.4 Å². The summed E-state index contributed by atoms with van der Waals surface area (Å²) in [6.07, 6.45) is 3.16. The number of carbonyl (C=O) groups is 2. The first kappa shape index (κ1) is 23.9. The number of amides is 2. The Labute approximate surface area is 187 Å². The first-order valence-electron chi connectivity index (χ1n) is 9.61. The van der Waals surface area contributed by atoms with Crippen molar-refractivity contribution in [3.63, 3.8) is 0 Å². The van der Waals surface area contributed by atoms with E-state index in [1.54, 1.807) is 12.4 Å². The van der Waals surface area contributed by atoms with Crippen molar-refractivity contribution in [2.45, 2.75) is 0 Å². The van der Waals surface area contributed by atoms with E-state index < -0.39 is 0 Å². The second kappa shape index (κ2) is 12.4. The van der Waals surface area contributed by atoms with Crippen LogP contribution in [-0.4, -0.2) is 63.9 Å². The third kappa shape index (κ3) is 8.91. The summed E-state index contributed by atoms with van der Waals surface area (Å²) < 4.78 is 0. The fraction of sp³-hybridized carbons (Fsp3) is 0.273. The number of carbonyl (C=O) groups excluding carboxylic acids is 2. The predicted molar refractivity (Wildman–Crippen MR) is 130 cm³/mol. The van der Waals surface area contributed by atoms with Gasteiger partial charge >= 0.3 is 0 Å². The largest absolute Gasteiger partial charge is 0.378 e. The first-order valence-corrected chi connectivity index (χ1v) is 10.8. The molecule has 0 bridgehead atoms. The van der Waals surface area contributed by atoms with Crippen molar-refractivity contribution in [2.24, 2.45) is 10.2 Å². The van der Waals surface area contributed by atoms with Gasteiger partial charge in [-0.05, 0) is 35.4 Å². The van der Waals surface area contributed by atoms with Crippen LogP contribution in [0.5, 0.6) is 0 Å². The van der Waals surface area contributed by atoms with Gasteiger partial charge in [0.15, 0.2) is 0 Å². The number of benzene rings is 2. The number of anilines is 2. The van der Waals surface area contributed by atoms with E-state index in [4.69, 9.17) is 0 Å². The molecule has 31 heavy (non-hydrogen) atoms. The van der Waals surface area contributed by atoms with Gasteiger partial charge < -0.3 is 9.80 Å². The maximum Gasteiger partial charge on any atom is 0.250 e.